The van der Waals surface area contributed by atoms with Crippen LogP contribution in [-0.4, -0.2) is 13.0 Å². The lowest BCUT2D eigenvalue weighted by Crippen LogP contribution is -2.17. The Morgan fingerprint density at radius 3 is 2.08 bits per heavy atom. The molecule has 0 aliphatic carbocycles. The van der Waals surface area contributed by atoms with Gasteiger partial charge in [0.1, 0.15) is 5.75 Å². The summed E-state index contributed by atoms with van der Waals surface area (Å²) >= 11 is 6.05. The van der Waals surface area contributed by atoms with Crippen LogP contribution in [0.3, 0.4) is 0 Å². The van der Waals surface area contributed by atoms with Gasteiger partial charge in [-0.3, -0.25) is 4.79 Å². The van der Waals surface area contributed by atoms with Gasteiger partial charge in [-0.05, 0) is 29.3 Å². The highest BCUT2D eigenvalue weighted by atomic mass is 35.5. The van der Waals surface area contributed by atoms with Gasteiger partial charge in [0.25, 0.3) is 0 Å². The first-order valence-electron chi connectivity index (χ1n) is 8.40. The Bertz CT molecular complexity index is 826. The van der Waals surface area contributed by atoms with Crippen LogP contribution >= 0.6 is 11.6 Å². The number of ether oxygens (including phenoxy) is 1. The number of anilines is 1. The van der Waals surface area contributed by atoms with Crippen molar-refractivity contribution in [3.63, 3.8) is 0 Å². The summed E-state index contributed by atoms with van der Waals surface area (Å²) in [6.07, 6.45) is 0.323. The molecule has 0 bridgehead atoms. The van der Waals surface area contributed by atoms with Crippen molar-refractivity contribution >= 4 is 23.2 Å². The molecule has 4 heteroatoms. The van der Waals surface area contributed by atoms with Crippen molar-refractivity contribution in [2.24, 2.45) is 0 Å². The van der Waals surface area contributed by atoms with Crippen LogP contribution in [0.25, 0.3) is 0 Å². The number of benzene rings is 3. The quantitative estimate of drug-likeness (QED) is 0.625. The number of rotatable bonds is 6. The van der Waals surface area contributed by atoms with E-state index in [0.29, 0.717) is 22.9 Å². The highest BCUT2D eigenvalue weighted by molar-refractivity contribution is 6.31. The van der Waals surface area contributed by atoms with Crippen molar-refractivity contribution in [3.8, 4) is 5.75 Å². The maximum atomic E-state index is 12.7. The Balaban J connectivity index is 1.83. The molecule has 0 saturated carbocycles. The number of carbonyl (C=O) groups is 1. The first-order valence-corrected chi connectivity index (χ1v) is 8.78. The highest BCUT2D eigenvalue weighted by Gasteiger charge is 2.19. The second-order valence-corrected chi connectivity index (χ2v) is 6.41. The second kappa shape index (κ2) is 8.54. The number of hydrogen-bond donors (Lipinski definition) is 1. The predicted octanol–water partition coefficient (Wildman–Crippen LogP) is 5.51. The lowest BCUT2D eigenvalue weighted by Gasteiger charge is -2.18. The molecule has 0 atom stereocenters. The van der Waals surface area contributed by atoms with E-state index >= 15 is 0 Å². The van der Waals surface area contributed by atoms with Gasteiger partial charge in [0.05, 0.1) is 12.8 Å². The fourth-order valence-corrected chi connectivity index (χ4v) is 3.14. The van der Waals surface area contributed by atoms with Crippen LogP contribution in [0.1, 0.15) is 23.5 Å². The van der Waals surface area contributed by atoms with Gasteiger partial charge >= 0.3 is 0 Å². The van der Waals surface area contributed by atoms with Crippen LogP contribution in [0.15, 0.2) is 78.9 Å². The zero-order valence-electron chi connectivity index (χ0n) is 14.5. The molecule has 0 heterocycles. The number of amides is 1. The van der Waals surface area contributed by atoms with Gasteiger partial charge in [-0.15, -0.1) is 0 Å². The van der Waals surface area contributed by atoms with E-state index in [1.807, 2.05) is 60.7 Å². The van der Waals surface area contributed by atoms with Gasteiger partial charge < -0.3 is 10.1 Å². The van der Waals surface area contributed by atoms with Gasteiger partial charge in [0.2, 0.25) is 5.91 Å². The van der Waals surface area contributed by atoms with Crippen molar-refractivity contribution in [2.45, 2.75) is 12.3 Å². The third kappa shape index (κ3) is 4.44. The number of hydrogen-bond acceptors (Lipinski definition) is 2. The van der Waals surface area contributed by atoms with E-state index < -0.39 is 0 Å². The molecule has 3 nitrogen and oxygen atoms in total. The number of methoxy groups -OCH3 is 1. The molecule has 132 valence electrons. The molecule has 3 aromatic carbocycles. The summed E-state index contributed by atoms with van der Waals surface area (Å²) in [7, 11) is 1.57. The van der Waals surface area contributed by atoms with E-state index in [9.17, 15) is 4.79 Å². The van der Waals surface area contributed by atoms with Crippen molar-refractivity contribution in [1.29, 1.82) is 0 Å². The number of carbonyl (C=O) groups excluding carboxylic acids is 1. The molecule has 0 fully saturated rings. The second-order valence-electron chi connectivity index (χ2n) is 5.97. The Kier molecular flexibility index (Phi) is 5.92. The van der Waals surface area contributed by atoms with Crippen molar-refractivity contribution < 1.29 is 9.53 Å². The highest BCUT2D eigenvalue weighted by Crippen LogP contribution is 2.31. The lowest BCUT2D eigenvalue weighted by molar-refractivity contribution is -0.116. The standard InChI is InChI=1S/C22H20ClNO2/c1-26-21-13-12-18(23)14-20(21)24-22(25)15-19(16-8-4-2-5-9-16)17-10-6-3-7-11-17/h2-14,19H,15H2,1H3,(H,24,25). The number of nitrogens with one attached hydrogen (secondary N) is 1. The average Bonchev–Trinajstić information content (AvgIpc) is 2.68. The molecular formula is C22H20ClNO2. The van der Waals surface area contributed by atoms with Gasteiger partial charge in [0.15, 0.2) is 0 Å². The van der Waals surface area contributed by atoms with Crippen molar-refractivity contribution in [1.82, 2.24) is 0 Å². The molecule has 0 aliphatic rings. The lowest BCUT2D eigenvalue weighted by atomic mass is 9.88. The molecule has 3 rings (SSSR count). The van der Waals surface area contributed by atoms with Gasteiger partial charge in [-0.25, -0.2) is 0 Å². The van der Waals surface area contributed by atoms with Crippen molar-refractivity contribution in [2.75, 3.05) is 12.4 Å². The minimum absolute atomic E-state index is 0.0254. The fourth-order valence-electron chi connectivity index (χ4n) is 2.96. The van der Waals surface area contributed by atoms with Crippen LogP contribution < -0.4 is 10.1 Å². The summed E-state index contributed by atoms with van der Waals surface area (Å²) in [6.45, 7) is 0. The van der Waals surface area contributed by atoms with E-state index in [1.54, 1.807) is 25.3 Å². The summed E-state index contributed by atoms with van der Waals surface area (Å²) in [5, 5.41) is 3.47. The van der Waals surface area contributed by atoms with E-state index in [1.165, 1.54) is 0 Å². The van der Waals surface area contributed by atoms with Crippen molar-refractivity contribution in [3.05, 3.63) is 95.0 Å². The van der Waals surface area contributed by atoms with Gasteiger partial charge in [-0.1, -0.05) is 72.3 Å². The normalized spacial score (nSPS) is 10.6. The first kappa shape index (κ1) is 18.0. The average molecular weight is 366 g/mol. The molecule has 0 unspecified atom stereocenters. The van der Waals surface area contributed by atoms with Crippen LogP contribution in [0, 0.1) is 0 Å². The van der Waals surface area contributed by atoms with Gasteiger partial charge in [-0.2, -0.15) is 0 Å². The summed E-state index contributed by atoms with van der Waals surface area (Å²) in [4.78, 5) is 12.7. The van der Waals surface area contributed by atoms with Crippen LogP contribution in [0.4, 0.5) is 5.69 Å². The molecule has 26 heavy (non-hydrogen) atoms. The smallest absolute Gasteiger partial charge is 0.225 e. The molecule has 0 aliphatic heterocycles. The Hall–Kier alpha value is -2.78. The van der Waals surface area contributed by atoms with Gasteiger partial charge in [0, 0.05) is 17.4 Å². The minimum Gasteiger partial charge on any atom is -0.495 e. The number of halogens is 1. The SMILES string of the molecule is COc1ccc(Cl)cc1NC(=O)CC(c1ccccc1)c1ccccc1. The molecule has 0 saturated heterocycles. The zero-order chi connectivity index (χ0) is 18.4. The van der Waals surface area contributed by atoms with E-state index in [0.717, 1.165) is 11.1 Å². The Morgan fingerprint density at radius 2 is 1.54 bits per heavy atom. The largest absolute Gasteiger partial charge is 0.495 e. The van der Waals surface area contributed by atoms with E-state index in [4.69, 9.17) is 16.3 Å². The minimum atomic E-state index is -0.0942. The molecule has 1 N–H and O–H groups in total. The summed E-state index contributed by atoms with van der Waals surface area (Å²) in [6, 6.07) is 25.3. The first-order chi connectivity index (χ1) is 12.7. The monoisotopic (exact) mass is 365 g/mol. The summed E-state index contributed by atoms with van der Waals surface area (Å²) in [5.74, 6) is 0.463. The zero-order valence-corrected chi connectivity index (χ0v) is 15.2. The third-order valence-electron chi connectivity index (χ3n) is 4.23. The molecular weight excluding hydrogens is 346 g/mol. The summed E-state index contributed by atoms with van der Waals surface area (Å²) < 4.78 is 5.30. The van der Waals surface area contributed by atoms with E-state index in [2.05, 4.69) is 5.32 Å². The van der Waals surface area contributed by atoms with Crippen LogP contribution in [-0.2, 0) is 4.79 Å². The topological polar surface area (TPSA) is 38.3 Å². The Morgan fingerprint density at radius 1 is 0.962 bits per heavy atom. The Labute approximate surface area is 158 Å². The maximum Gasteiger partial charge on any atom is 0.225 e. The maximum absolute atomic E-state index is 12.7. The molecule has 1 amide bonds. The fraction of sp³-hybridized carbons (Fsp3) is 0.136. The van der Waals surface area contributed by atoms with Crippen LogP contribution in [0.2, 0.25) is 5.02 Å². The van der Waals surface area contributed by atoms with E-state index in [-0.39, 0.29) is 11.8 Å². The molecule has 0 aromatic heterocycles. The molecule has 3 aromatic rings. The predicted molar refractivity (Wildman–Crippen MR) is 106 cm³/mol. The third-order valence-corrected chi connectivity index (χ3v) is 4.46. The molecule has 0 spiro atoms. The summed E-state index contributed by atoms with van der Waals surface area (Å²) in [5.41, 5.74) is 2.78. The van der Waals surface area contributed by atoms with Crippen LogP contribution in [0.5, 0.6) is 5.75 Å². The molecule has 0 radical (unpaired) electrons.